The van der Waals surface area contributed by atoms with Crippen LogP contribution in [0.5, 0.6) is 0 Å². The van der Waals surface area contributed by atoms with Crippen LogP contribution in [0, 0.1) is 22.7 Å². The van der Waals surface area contributed by atoms with Crippen molar-refractivity contribution in [2.75, 3.05) is 38.1 Å². The molecule has 42 heavy (non-hydrogen) atoms. The van der Waals surface area contributed by atoms with Crippen LogP contribution in [-0.4, -0.2) is 66.8 Å². The van der Waals surface area contributed by atoms with Crippen molar-refractivity contribution in [1.29, 1.82) is 10.5 Å². The summed E-state index contributed by atoms with van der Waals surface area (Å²) in [6.07, 6.45) is 0.925. The number of anilines is 1. The summed E-state index contributed by atoms with van der Waals surface area (Å²) in [4.78, 5) is 33.7. The van der Waals surface area contributed by atoms with Crippen molar-refractivity contribution in [3.63, 3.8) is 0 Å². The van der Waals surface area contributed by atoms with Crippen LogP contribution in [0.2, 0.25) is 0 Å². The molecule has 1 saturated heterocycles. The van der Waals surface area contributed by atoms with Crippen LogP contribution in [0.3, 0.4) is 0 Å². The summed E-state index contributed by atoms with van der Waals surface area (Å²) >= 11 is 1.49. The fraction of sp³-hybridized carbons (Fsp3) is 0.516. The van der Waals surface area contributed by atoms with E-state index in [0.717, 1.165) is 49.3 Å². The Morgan fingerprint density at radius 1 is 1.07 bits per heavy atom. The third-order valence-corrected chi connectivity index (χ3v) is 7.88. The first kappa shape index (κ1) is 32.7. The number of nitriles is 2. The maximum Gasteiger partial charge on any atom is 0.408 e. The summed E-state index contributed by atoms with van der Waals surface area (Å²) in [5.41, 5.74) is 3.05. The number of ether oxygens (including phenoxy) is 1. The molecule has 0 saturated carbocycles. The molecule has 11 heteroatoms. The molecule has 2 aromatic rings. The van der Waals surface area contributed by atoms with Gasteiger partial charge in [0.2, 0.25) is 5.91 Å². The molecule has 2 heterocycles. The fourth-order valence-electron chi connectivity index (χ4n) is 4.57. The second-order valence-electron chi connectivity index (χ2n) is 11.4. The van der Waals surface area contributed by atoms with E-state index < -0.39 is 17.7 Å². The summed E-state index contributed by atoms with van der Waals surface area (Å²) < 4.78 is 5.20. The molecule has 1 aliphatic rings. The molecule has 1 fully saturated rings. The number of carbonyl (C=O) groups excluding carboxylic acids is 2. The highest BCUT2D eigenvalue weighted by Gasteiger charge is 2.24. The minimum atomic E-state index is -0.738. The Morgan fingerprint density at radius 2 is 1.74 bits per heavy atom. The molecule has 1 unspecified atom stereocenters. The van der Waals surface area contributed by atoms with Gasteiger partial charge in [0.15, 0.2) is 0 Å². The van der Waals surface area contributed by atoms with Crippen LogP contribution < -0.4 is 15.5 Å². The number of amides is 2. The number of likely N-dealkylation sites (N-methyl/N-ethyl adjacent to an activating group) is 1. The van der Waals surface area contributed by atoms with Crippen molar-refractivity contribution < 1.29 is 14.3 Å². The molecule has 224 valence electrons. The van der Waals surface area contributed by atoms with Crippen LogP contribution in [-0.2, 0) is 28.2 Å². The van der Waals surface area contributed by atoms with Crippen LogP contribution in [0.4, 0.5) is 10.6 Å². The Balaban J connectivity index is 1.66. The molecule has 0 bridgehead atoms. The summed E-state index contributed by atoms with van der Waals surface area (Å²) in [7, 11) is 2.10. The Morgan fingerprint density at radius 3 is 2.36 bits per heavy atom. The zero-order valence-electron chi connectivity index (χ0n) is 25.4. The fourth-order valence-corrected chi connectivity index (χ4v) is 5.53. The summed E-state index contributed by atoms with van der Waals surface area (Å²) in [6, 6.07) is 11.8. The molecule has 1 aliphatic heterocycles. The molecule has 10 nitrogen and oxygen atoms in total. The Kier molecular flexibility index (Phi) is 11.6. The molecule has 0 radical (unpaired) electrons. The normalized spacial score (nSPS) is 14.7. The smallest absolute Gasteiger partial charge is 0.408 e. The maximum atomic E-state index is 12.4. The molecular formula is C31H41N7O3S. The SMILES string of the molecule is CCc1c(C#N)c(SCc2ccc(CNC(=O)C(C)NC(=O)OC(C)(C)C)cc2)nc(N2CCCN(C)CC2)c1C#N. The molecule has 0 spiro atoms. The van der Waals surface area contributed by atoms with E-state index in [1.165, 1.54) is 11.8 Å². The van der Waals surface area contributed by atoms with Gasteiger partial charge in [0.05, 0.1) is 11.1 Å². The zero-order valence-corrected chi connectivity index (χ0v) is 26.2. The van der Waals surface area contributed by atoms with Crippen molar-refractivity contribution in [3.8, 4) is 12.1 Å². The van der Waals surface area contributed by atoms with E-state index in [1.807, 2.05) is 31.2 Å². The third kappa shape index (κ3) is 9.10. The molecule has 2 amide bonds. The van der Waals surface area contributed by atoms with E-state index in [4.69, 9.17) is 9.72 Å². The average Bonchev–Trinajstić information content (AvgIpc) is 3.17. The standard InChI is InChI=1S/C31H41N7O3S/c1-7-24-25(17-32)27(38-14-8-13-37(6)15-16-38)36-29(26(24)18-33)42-20-23-11-9-22(10-12-23)19-34-28(39)21(2)35-30(40)41-31(3,4)5/h9-12,21H,7-8,13-16,19-20H2,1-6H3,(H,34,39)(H,35,40). The maximum absolute atomic E-state index is 12.4. The number of alkyl carbamates (subject to hydrolysis) is 1. The lowest BCUT2D eigenvalue weighted by Gasteiger charge is -2.25. The number of nitrogens with zero attached hydrogens (tertiary/aromatic N) is 5. The largest absolute Gasteiger partial charge is 0.444 e. The number of nitrogens with one attached hydrogen (secondary N) is 2. The molecule has 1 aromatic carbocycles. The average molecular weight is 592 g/mol. The number of aromatic nitrogens is 1. The predicted molar refractivity (Wildman–Crippen MR) is 164 cm³/mol. The highest BCUT2D eigenvalue weighted by atomic mass is 32.2. The zero-order chi connectivity index (χ0) is 30.9. The van der Waals surface area contributed by atoms with Gasteiger partial charge in [0.1, 0.15) is 34.6 Å². The first-order chi connectivity index (χ1) is 19.9. The molecule has 3 rings (SSSR count). The van der Waals surface area contributed by atoms with Gasteiger partial charge in [-0.15, -0.1) is 11.8 Å². The number of rotatable bonds is 9. The first-order valence-electron chi connectivity index (χ1n) is 14.2. The lowest BCUT2D eigenvalue weighted by Crippen LogP contribution is -2.46. The second kappa shape index (κ2) is 14.9. The van der Waals surface area contributed by atoms with Crippen LogP contribution >= 0.6 is 11.8 Å². The van der Waals surface area contributed by atoms with E-state index in [2.05, 4.69) is 39.6 Å². The van der Waals surface area contributed by atoms with Gasteiger partial charge >= 0.3 is 6.09 Å². The van der Waals surface area contributed by atoms with E-state index in [-0.39, 0.29) is 5.91 Å². The van der Waals surface area contributed by atoms with Gasteiger partial charge in [-0.25, -0.2) is 9.78 Å². The highest BCUT2D eigenvalue weighted by Crippen LogP contribution is 2.33. The van der Waals surface area contributed by atoms with Gasteiger partial charge in [-0.1, -0.05) is 31.2 Å². The molecule has 1 aromatic heterocycles. The van der Waals surface area contributed by atoms with Gasteiger partial charge in [0.25, 0.3) is 0 Å². The number of pyridine rings is 1. The number of hydrogen-bond acceptors (Lipinski definition) is 9. The molecular weight excluding hydrogens is 550 g/mol. The van der Waals surface area contributed by atoms with Gasteiger partial charge in [-0.2, -0.15) is 10.5 Å². The van der Waals surface area contributed by atoms with Crippen molar-refractivity contribution >= 4 is 29.6 Å². The van der Waals surface area contributed by atoms with E-state index in [1.54, 1.807) is 27.7 Å². The van der Waals surface area contributed by atoms with Crippen LogP contribution in [0.25, 0.3) is 0 Å². The Labute approximate surface area is 253 Å². The minimum absolute atomic E-state index is 0.310. The number of carbonyl (C=O) groups is 2. The van der Waals surface area contributed by atoms with Gasteiger partial charge in [0, 0.05) is 31.9 Å². The summed E-state index contributed by atoms with van der Waals surface area (Å²) in [5, 5.41) is 26.0. The first-order valence-corrected chi connectivity index (χ1v) is 15.2. The van der Waals surface area contributed by atoms with Crippen molar-refractivity contribution in [2.24, 2.45) is 0 Å². The topological polar surface area (TPSA) is 134 Å². The molecule has 2 N–H and O–H groups in total. The summed E-state index contributed by atoms with van der Waals surface area (Å²) in [5.74, 6) is 0.963. The van der Waals surface area contributed by atoms with Gasteiger partial charge in [-0.3, -0.25) is 4.79 Å². The second-order valence-corrected chi connectivity index (χ2v) is 12.3. The van der Waals surface area contributed by atoms with Crippen LogP contribution in [0.1, 0.15) is 68.9 Å². The van der Waals surface area contributed by atoms with Crippen molar-refractivity contribution in [2.45, 2.75) is 76.4 Å². The van der Waals surface area contributed by atoms with Gasteiger partial charge in [-0.05, 0) is 70.8 Å². The Hall–Kier alpha value is -3.80. The van der Waals surface area contributed by atoms with E-state index in [9.17, 15) is 20.1 Å². The van der Waals surface area contributed by atoms with Crippen molar-refractivity contribution in [1.82, 2.24) is 20.5 Å². The Bertz CT molecular complexity index is 1340. The summed E-state index contributed by atoms with van der Waals surface area (Å²) in [6.45, 7) is 12.7. The third-order valence-electron chi connectivity index (χ3n) is 6.84. The number of thioether (sulfide) groups is 1. The molecule has 0 aliphatic carbocycles. The van der Waals surface area contributed by atoms with Crippen molar-refractivity contribution in [3.05, 3.63) is 52.1 Å². The number of hydrogen-bond donors (Lipinski definition) is 2. The quantitative estimate of drug-likeness (QED) is 0.408. The van der Waals surface area contributed by atoms with E-state index >= 15 is 0 Å². The molecule has 1 atom stereocenters. The van der Waals surface area contributed by atoms with E-state index in [0.29, 0.717) is 40.7 Å². The lowest BCUT2D eigenvalue weighted by atomic mass is 10.0. The van der Waals surface area contributed by atoms with Gasteiger partial charge < -0.3 is 25.2 Å². The number of benzene rings is 1. The lowest BCUT2D eigenvalue weighted by molar-refractivity contribution is -0.122. The predicted octanol–water partition coefficient (Wildman–Crippen LogP) is 4.35. The van der Waals surface area contributed by atoms with Crippen LogP contribution in [0.15, 0.2) is 29.3 Å². The minimum Gasteiger partial charge on any atom is -0.444 e. The monoisotopic (exact) mass is 591 g/mol. The highest BCUT2D eigenvalue weighted by molar-refractivity contribution is 7.98.